The second-order valence-electron chi connectivity index (χ2n) is 6.08. The fraction of sp³-hybridized carbons (Fsp3) is 0.500. The Morgan fingerprint density at radius 1 is 1.12 bits per heavy atom. The number of anilines is 1. The Labute approximate surface area is 153 Å². The van der Waals surface area contributed by atoms with E-state index in [2.05, 4.69) is 5.32 Å². The molecule has 0 aromatic heterocycles. The Hall–Kier alpha value is -2.15. The topological polar surface area (TPSA) is 67.9 Å². The SMILES string of the molecule is COC(=O)c1ccc(C(=O)OC)c(NC(=S)N(C)C2CCCCC2)c1. The number of carbonyl (C=O) groups excluding carboxylic acids is 2. The molecule has 0 unspecified atom stereocenters. The van der Waals surface area contributed by atoms with Crippen LogP contribution in [0.4, 0.5) is 5.69 Å². The number of hydrogen-bond acceptors (Lipinski definition) is 5. The van der Waals surface area contributed by atoms with E-state index in [1.807, 2.05) is 11.9 Å². The maximum atomic E-state index is 12.0. The van der Waals surface area contributed by atoms with Gasteiger partial charge in [-0.05, 0) is 43.3 Å². The minimum absolute atomic E-state index is 0.314. The molecular formula is C18H24N2O4S. The van der Waals surface area contributed by atoms with Gasteiger partial charge in [0.25, 0.3) is 0 Å². The van der Waals surface area contributed by atoms with Crippen molar-refractivity contribution >= 4 is 35.0 Å². The lowest BCUT2D eigenvalue weighted by molar-refractivity contribution is 0.0587. The molecule has 0 spiro atoms. The Balaban J connectivity index is 2.23. The van der Waals surface area contributed by atoms with Gasteiger partial charge < -0.3 is 19.7 Å². The number of hydrogen-bond donors (Lipinski definition) is 1. The van der Waals surface area contributed by atoms with Crippen molar-refractivity contribution in [1.82, 2.24) is 4.90 Å². The highest BCUT2D eigenvalue weighted by atomic mass is 32.1. The molecule has 1 saturated carbocycles. The summed E-state index contributed by atoms with van der Waals surface area (Å²) in [4.78, 5) is 25.8. The van der Waals surface area contributed by atoms with Gasteiger partial charge in [-0.1, -0.05) is 19.3 Å². The van der Waals surface area contributed by atoms with Crippen LogP contribution in [0.2, 0.25) is 0 Å². The molecule has 1 aliphatic carbocycles. The van der Waals surface area contributed by atoms with Crippen LogP contribution in [0.15, 0.2) is 18.2 Å². The van der Waals surface area contributed by atoms with Gasteiger partial charge in [-0.2, -0.15) is 0 Å². The van der Waals surface area contributed by atoms with Crippen LogP contribution in [0.1, 0.15) is 52.8 Å². The van der Waals surface area contributed by atoms with Crippen molar-refractivity contribution in [3.05, 3.63) is 29.3 Å². The van der Waals surface area contributed by atoms with Crippen LogP contribution in [0, 0.1) is 0 Å². The van der Waals surface area contributed by atoms with Crippen LogP contribution >= 0.6 is 12.2 Å². The van der Waals surface area contributed by atoms with Crippen LogP contribution in [-0.4, -0.2) is 49.3 Å². The first-order valence-corrected chi connectivity index (χ1v) is 8.73. The van der Waals surface area contributed by atoms with E-state index in [1.54, 1.807) is 6.07 Å². The van der Waals surface area contributed by atoms with Crippen LogP contribution in [0.25, 0.3) is 0 Å². The zero-order chi connectivity index (χ0) is 18.4. The fourth-order valence-corrected chi connectivity index (χ4v) is 3.28. The Morgan fingerprint density at radius 2 is 1.76 bits per heavy atom. The molecule has 0 amide bonds. The van der Waals surface area contributed by atoms with Gasteiger partial charge in [0.2, 0.25) is 0 Å². The van der Waals surface area contributed by atoms with Gasteiger partial charge in [0.1, 0.15) is 0 Å². The highest BCUT2D eigenvalue weighted by Crippen LogP contribution is 2.24. The summed E-state index contributed by atoms with van der Waals surface area (Å²) in [6.45, 7) is 0. The third-order valence-electron chi connectivity index (χ3n) is 4.53. The first-order chi connectivity index (χ1) is 12.0. The van der Waals surface area contributed by atoms with E-state index in [-0.39, 0.29) is 0 Å². The summed E-state index contributed by atoms with van der Waals surface area (Å²) < 4.78 is 9.55. The molecule has 0 bridgehead atoms. The highest BCUT2D eigenvalue weighted by molar-refractivity contribution is 7.80. The Bertz CT molecular complexity index is 656. The third-order valence-corrected chi connectivity index (χ3v) is 4.92. The molecule has 25 heavy (non-hydrogen) atoms. The van der Waals surface area contributed by atoms with E-state index in [1.165, 1.54) is 45.6 Å². The number of methoxy groups -OCH3 is 2. The van der Waals surface area contributed by atoms with Crippen molar-refractivity contribution in [2.24, 2.45) is 0 Å². The summed E-state index contributed by atoms with van der Waals surface area (Å²) in [5, 5.41) is 3.60. The number of benzene rings is 1. The summed E-state index contributed by atoms with van der Waals surface area (Å²) >= 11 is 5.51. The second-order valence-corrected chi connectivity index (χ2v) is 6.46. The van der Waals surface area contributed by atoms with E-state index in [0.29, 0.717) is 28.0 Å². The van der Waals surface area contributed by atoms with Crippen molar-refractivity contribution in [3.8, 4) is 0 Å². The van der Waals surface area contributed by atoms with Gasteiger partial charge in [-0.25, -0.2) is 9.59 Å². The average molecular weight is 364 g/mol. The lowest BCUT2D eigenvalue weighted by atomic mass is 9.95. The van der Waals surface area contributed by atoms with Crippen LogP contribution in [-0.2, 0) is 9.47 Å². The molecule has 6 nitrogen and oxygen atoms in total. The van der Waals surface area contributed by atoms with Gasteiger partial charge in [0.15, 0.2) is 5.11 Å². The van der Waals surface area contributed by atoms with Crippen molar-refractivity contribution < 1.29 is 19.1 Å². The van der Waals surface area contributed by atoms with Gasteiger partial charge in [-0.3, -0.25) is 0 Å². The third kappa shape index (κ3) is 4.69. The fourth-order valence-electron chi connectivity index (χ4n) is 3.02. The molecule has 1 aromatic carbocycles. The molecule has 1 N–H and O–H groups in total. The number of carbonyl (C=O) groups is 2. The molecule has 0 atom stereocenters. The maximum absolute atomic E-state index is 12.0. The summed E-state index contributed by atoms with van der Waals surface area (Å²) in [5.74, 6) is -0.979. The molecular weight excluding hydrogens is 340 g/mol. The first kappa shape index (κ1) is 19.2. The minimum Gasteiger partial charge on any atom is -0.465 e. The molecule has 0 heterocycles. The number of esters is 2. The standard InChI is InChI=1S/C18H24N2O4S/c1-20(13-7-5-4-6-8-13)18(25)19-15-11-12(16(21)23-2)9-10-14(15)17(22)24-3/h9-11,13H,4-8H2,1-3H3,(H,19,25). The zero-order valence-electron chi connectivity index (χ0n) is 14.8. The van der Waals surface area contributed by atoms with Crippen molar-refractivity contribution in [2.45, 2.75) is 38.1 Å². The lowest BCUT2D eigenvalue weighted by Gasteiger charge is -2.33. The molecule has 0 saturated heterocycles. The summed E-state index contributed by atoms with van der Waals surface area (Å²) in [6, 6.07) is 5.00. The zero-order valence-corrected chi connectivity index (χ0v) is 15.6. The summed E-state index contributed by atoms with van der Waals surface area (Å²) in [6.07, 6.45) is 5.86. The van der Waals surface area contributed by atoms with Gasteiger partial charge >= 0.3 is 11.9 Å². The van der Waals surface area contributed by atoms with E-state index in [0.717, 1.165) is 12.8 Å². The van der Waals surface area contributed by atoms with Crippen molar-refractivity contribution in [3.63, 3.8) is 0 Å². The number of nitrogens with zero attached hydrogens (tertiary/aromatic N) is 1. The molecule has 136 valence electrons. The van der Waals surface area contributed by atoms with Crippen molar-refractivity contribution in [2.75, 3.05) is 26.6 Å². The van der Waals surface area contributed by atoms with Crippen LogP contribution < -0.4 is 5.32 Å². The predicted octanol–water partition coefficient (Wildman–Crippen LogP) is 3.22. The Morgan fingerprint density at radius 3 is 2.36 bits per heavy atom. The smallest absolute Gasteiger partial charge is 0.339 e. The normalized spacial score (nSPS) is 14.5. The molecule has 2 rings (SSSR count). The molecule has 0 aliphatic heterocycles. The average Bonchev–Trinajstić information content (AvgIpc) is 2.66. The van der Waals surface area contributed by atoms with Crippen LogP contribution in [0.5, 0.6) is 0 Å². The van der Waals surface area contributed by atoms with Crippen molar-refractivity contribution in [1.29, 1.82) is 0 Å². The van der Waals surface area contributed by atoms with Crippen LogP contribution in [0.3, 0.4) is 0 Å². The first-order valence-electron chi connectivity index (χ1n) is 8.32. The quantitative estimate of drug-likeness (QED) is 0.650. The van der Waals surface area contributed by atoms with E-state index < -0.39 is 11.9 Å². The van der Waals surface area contributed by atoms with E-state index >= 15 is 0 Å². The monoisotopic (exact) mass is 364 g/mol. The summed E-state index contributed by atoms with van der Waals surface area (Å²) in [7, 11) is 4.57. The largest absolute Gasteiger partial charge is 0.465 e. The number of thiocarbonyl (C=S) groups is 1. The second kappa shape index (κ2) is 8.80. The number of nitrogens with one attached hydrogen (secondary N) is 1. The van der Waals surface area contributed by atoms with E-state index in [9.17, 15) is 9.59 Å². The van der Waals surface area contributed by atoms with Gasteiger partial charge in [0.05, 0.1) is 31.0 Å². The maximum Gasteiger partial charge on any atom is 0.339 e. The Kier molecular flexibility index (Phi) is 6.75. The van der Waals surface area contributed by atoms with Gasteiger partial charge in [0, 0.05) is 13.1 Å². The molecule has 1 aliphatic rings. The molecule has 1 aromatic rings. The number of ether oxygens (including phenoxy) is 2. The molecule has 7 heteroatoms. The highest BCUT2D eigenvalue weighted by Gasteiger charge is 2.22. The van der Waals surface area contributed by atoms with Gasteiger partial charge in [-0.15, -0.1) is 0 Å². The molecule has 0 radical (unpaired) electrons. The lowest BCUT2D eigenvalue weighted by Crippen LogP contribution is -2.41. The van der Waals surface area contributed by atoms with E-state index in [4.69, 9.17) is 21.7 Å². The number of rotatable bonds is 4. The minimum atomic E-state index is -0.498. The molecule has 1 fully saturated rings. The predicted molar refractivity (Wildman–Crippen MR) is 100.0 cm³/mol. The summed E-state index contributed by atoms with van der Waals surface area (Å²) in [5.41, 5.74) is 1.08.